The lowest BCUT2D eigenvalue weighted by Crippen LogP contribution is -2.22. The Morgan fingerprint density at radius 2 is 2.25 bits per heavy atom. The highest BCUT2D eigenvalue weighted by molar-refractivity contribution is 5.61. The summed E-state index contributed by atoms with van der Waals surface area (Å²) in [5.41, 5.74) is 2.71. The summed E-state index contributed by atoms with van der Waals surface area (Å²) in [4.78, 5) is 8.02. The molecule has 0 radical (unpaired) electrons. The van der Waals surface area contributed by atoms with E-state index in [1.54, 1.807) is 0 Å². The van der Waals surface area contributed by atoms with E-state index in [9.17, 15) is 0 Å². The number of aromatic amines is 1. The molecule has 20 heavy (non-hydrogen) atoms. The fraction of sp³-hybridized carbons (Fsp3) is 0.375. The molecule has 2 N–H and O–H groups in total. The summed E-state index contributed by atoms with van der Waals surface area (Å²) >= 11 is 0. The molecule has 2 saturated heterocycles. The Morgan fingerprint density at radius 3 is 3.00 bits per heavy atom. The van der Waals surface area contributed by atoms with Crippen molar-refractivity contribution in [1.82, 2.24) is 15.3 Å². The molecule has 2 bridgehead atoms. The molecular formula is C16H16N4. The lowest BCUT2D eigenvalue weighted by atomic mass is 9.89. The van der Waals surface area contributed by atoms with Crippen LogP contribution in [0.4, 0.5) is 0 Å². The second-order valence-electron chi connectivity index (χ2n) is 5.76. The predicted octanol–water partition coefficient (Wildman–Crippen LogP) is 2.56. The van der Waals surface area contributed by atoms with Crippen LogP contribution < -0.4 is 5.32 Å². The van der Waals surface area contributed by atoms with Crippen LogP contribution in [0, 0.1) is 11.3 Å². The molecule has 0 aliphatic carbocycles. The van der Waals surface area contributed by atoms with Gasteiger partial charge >= 0.3 is 0 Å². The Hall–Kier alpha value is -2.12. The first-order chi connectivity index (χ1) is 9.83. The van der Waals surface area contributed by atoms with Crippen LogP contribution in [0.2, 0.25) is 0 Å². The van der Waals surface area contributed by atoms with E-state index in [0.717, 1.165) is 17.1 Å². The van der Waals surface area contributed by atoms with Crippen LogP contribution in [0.25, 0.3) is 11.3 Å². The van der Waals surface area contributed by atoms with E-state index in [-0.39, 0.29) is 0 Å². The van der Waals surface area contributed by atoms with Crippen molar-refractivity contribution in [2.75, 3.05) is 0 Å². The van der Waals surface area contributed by atoms with Crippen molar-refractivity contribution in [2.45, 2.75) is 37.3 Å². The number of benzene rings is 1. The van der Waals surface area contributed by atoms with Crippen LogP contribution in [-0.2, 0) is 0 Å². The molecule has 0 saturated carbocycles. The van der Waals surface area contributed by atoms with Crippen LogP contribution in [0.5, 0.6) is 0 Å². The Kier molecular flexibility index (Phi) is 2.61. The quantitative estimate of drug-likeness (QED) is 0.876. The van der Waals surface area contributed by atoms with Crippen molar-refractivity contribution < 1.29 is 0 Å². The second kappa shape index (κ2) is 4.46. The summed E-state index contributed by atoms with van der Waals surface area (Å²) in [6, 6.07) is 11.1. The molecule has 2 fully saturated rings. The third kappa shape index (κ3) is 1.83. The van der Waals surface area contributed by atoms with Crippen LogP contribution in [-0.4, -0.2) is 22.1 Å². The van der Waals surface area contributed by atoms with Gasteiger partial charge in [0.15, 0.2) is 0 Å². The van der Waals surface area contributed by atoms with Gasteiger partial charge in [-0.15, -0.1) is 0 Å². The van der Waals surface area contributed by atoms with Gasteiger partial charge in [0.05, 0.1) is 23.5 Å². The Balaban J connectivity index is 1.63. The van der Waals surface area contributed by atoms with Gasteiger partial charge in [0.25, 0.3) is 0 Å². The molecule has 0 amide bonds. The Labute approximate surface area is 117 Å². The standard InChI is InChI=1S/C16H16N4/c17-8-10-2-1-3-11(6-10)15-9-18-16(20-15)13-7-12-4-5-14(13)19-12/h1-3,6,9,12-14,19H,4-5,7H2,(H,18,20). The number of nitriles is 1. The zero-order chi connectivity index (χ0) is 13.5. The van der Waals surface area contributed by atoms with E-state index in [2.05, 4.69) is 21.4 Å². The number of hydrogen-bond donors (Lipinski definition) is 2. The van der Waals surface area contributed by atoms with Gasteiger partial charge in [0, 0.05) is 23.6 Å². The first kappa shape index (κ1) is 11.7. The number of H-pyrrole nitrogens is 1. The molecule has 1 aromatic heterocycles. The molecule has 0 spiro atoms. The van der Waals surface area contributed by atoms with E-state index in [1.807, 2.05) is 30.5 Å². The summed E-state index contributed by atoms with van der Waals surface area (Å²) in [5.74, 6) is 1.60. The van der Waals surface area contributed by atoms with E-state index >= 15 is 0 Å². The minimum atomic E-state index is 0.515. The molecular weight excluding hydrogens is 248 g/mol. The van der Waals surface area contributed by atoms with Crippen molar-refractivity contribution in [3.05, 3.63) is 41.9 Å². The number of nitrogens with one attached hydrogen (secondary N) is 2. The lowest BCUT2D eigenvalue weighted by Gasteiger charge is -2.17. The smallest absolute Gasteiger partial charge is 0.111 e. The largest absolute Gasteiger partial charge is 0.342 e. The van der Waals surface area contributed by atoms with Gasteiger partial charge in [0.1, 0.15) is 5.82 Å². The summed E-state index contributed by atoms with van der Waals surface area (Å²) in [7, 11) is 0. The van der Waals surface area contributed by atoms with Gasteiger partial charge in [-0.3, -0.25) is 0 Å². The Bertz CT molecular complexity index is 682. The van der Waals surface area contributed by atoms with Crippen molar-refractivity contribution in [3.8, 4) is 17.3 Å². The zero-order valence-corrected chi connectivity index (χ0v) is 11.1. The molecule has 4 heteroatoms. The monoisotopic (exact) mass is 264 g/mol. The molecule has 100 valence electrons. The van der Waals surface area contributed by atoms with E-state index in [4.69, 9.17) is 5.26 Å². The average Bonchev–Trinajstić information content (AvgIpc) is 3.22. The summed E-state index contributed by atoms with van der Waals surface area (Å²) in [6.07, 6.45) is 5.64. The summed E-state index contributed by atoms with van der Waals surface area (Å²) in [5, 5.41) is 12.6. The SMILES string of the molecule is N#Cc1cccc(-c2cnc(C3CC4CCC3N4)[nH]2)c1. The summed E-state index contributed by atoms with van der Waals surface area (Å²) < 4.78 is 0. The maximum atomic E-state index is 8.97. The summed E-state index contributed by atoms with van der Waals surface area (Å²) in [6.45, 7) is 0. The van der Waals surface area contributed by atoms with E-state index in [0.29, 0.717) is 23.6 Å². The average molecular weight is 264 g/mol. The minimum Gasteiger partial charge on any atom is -0.342 e. The van der Waals surface area contributed by atoms with E-state index < -0.39 is 0 Å². The van der Waals surface area contributed by atoms with Gasteiger partial charge < -0.3 is 10.3 Å². The lowest BCUT2D eigenvalue weighted by molar-refractivity contribution is 0.490. The fourth-order valence-electron chi connectivity index (χ4n) is 3.55. The number of imidazole rings is 1. The first-order valence-corrected chi connectivity index (χ1v) is 7.15. The molecule has 3 unspecified atom stereocenters. The first-order valence-electron chi connectivity index (χ1n) is 7.15. The van der Waals surface area contributed by atoms with Gasteiger partial charge in [-0.05, 0) is 31.4 Å². The number of aromatic nitrogens is 2. The maximum Gasteiger partial charge on any atom is 0.111 e. The van der Waals surface area contributed by atoms with Crippen LogP contribution >= 0.6 is 0 Å². The van der Waals surface area contributed by atoms with Crippen molar-refractivity contribution in [2.24, 2.45) is 0 Å². The van der Waals surface area contributed by atoms with Gasteiger partial charge in [-0.1, -0.05) is 12.1 Å². The highest BCUT2D eigenvalue weighted by Crippen LogP contribution is 2.39. The fourth-order valence-corrected chi connectivity index (χ4v) is 3.55. The topological polar surface area (TPSA) is 64.5 Å². The van der Waals surface area contributed by atoms with Crippen LogP contribution in [0.15, 0.2) is 30.5 Å². The highest BCUT2D eigenvalue weighted by atomic mass is 15.1. The molecule has 3 atom stereocenters. The molecule has 4 nitrogen and oxygen atoms in total. The third-order valence-electron chi connectivity index (χ3n) is 4.55. The second-order valence-corrected chi connectivity index (χ2v) is 5.76. The normalized spacial score (nSPS) is 27.6. The maximum absolute atomic E-state index is 8.97. The molecule has 1 aromatic carbocycles. The highest BCUT2D eigenvalue weighted by Gasteiger charge is 2.41. The Morgan fingerprint density at radius 1 is 1.30 bits per heavy atom. The van der Waals surface area contributed by atoms with Crippen molar-refractivity contribution in [1.29, 1.82) is 5.26 Å². The van der Waals surface area contributed by atoms with E-state index in [1.165, 1.54) is 19.3 Å². The van der Waals surface area contributed by atoms with Crippen LogP contribution in [0.1, 0.15) is 36.6 Å². The molecule has 2 aromatic rings. The number of hydrogen-bond acceptors (Lipinski definition) is 3. The van der Waals surface area contributed by atoms with Crippen LogP contribution in [0.3, 0.4) is 0 Å². The van der Waals surface area contributed by atoms with Gasteiger partial charge in [0.2, 0.25) is 0 Å². The minimum absolute atomic E-state index is 0.515. The van der Waals surface area contributed by atoms with Gasteiger partial charge in [-0.25, -0.2) is 4.98 Å². The molecule has 2 aliphatic rings. The molecule has 2 aliphatic heterocycles. The number of rotatable bonds is 2. The third-order valence-corrected chi connectivity index (χ3v) is 4.55. The zero-order valence-electron chi connectivity index (χ0n) is 11.1. The van der Waals surface area contributed by atoms with Gasteiger partial charge in [-0.2, -0.15) is 5.26 Å². The van der Waals surface area contributed by atoms with Crippen molar-refractivity contribution >= 4 is 0 Å². The predicted molar refractivity (Wildman–Crippen MR) is 76.0 cm³/mol. The molecule has 4 rings (SSSR count). The molecule has 3 heterocycles. The number of nitrogens with zero attached hydrogens (tertiary/aromatic N) is 2. The van der Waals surface area contributed by atoms with Crippen molar-refractivity contribution in [3.63, 3.8) is 0 Å². The number of fused-ring (bicyclic) bond motifs is 2.